The topological polar surface area (TPSA) is 67.6 Å². The third kappa shape index (κ3) is 7.27. The lowest BCUT2D eigenvalue weighted by atomic mass is 9.96. The zero-order chi connectivity index (χ0) is 31.6. The van der Waals surface area contributed by atoms with E-state index in [-0.39, 0.29) is 31.2 Å². The van der Waals surface area contributed by atoms with Crippen LogP contribution in [0.25, 0.3) is 21.9 Å². The van der Waals surface area contributed by atoms with E-state index >= 15 is 8.78 Å². The molecule has 0 radical (unpaired) electrons. The highest BCUT2D eigenvalue weighted by molar-refractivity contribution is 7.97. The Morgan fingerprint density at radius 2 is 1.58 bits per heavy atom. The van der Waals surface area contributed by atoms with Gasteiger partial charge in [-0.15, -0.1) is 0 Å². The fourth-order valence-corrected chi connectivity index (χ4v) is 6.89. The molecular weight excluding hydrogens is 619 g/mol. The molecule has 3 atom stereocenters. The number of nitrogens with zero attached hydrogens (tertiary/aromatic N) is 1. The molecule has 10 heteroatoms. The van der Waals surface area contributed by atoms with Gasteiger partial charge >= 0.3 is 0 Å². The number of benzene rings is 4. The Morgan fingerprint density at radius 3 is 2.27 bits per heavy atom. The van der Waals surface area contributed by atoms with Crippen LogP contribution < -0.4 is 15.2 Å². The highest BCUT2D eigenvalue weighted by atomic mass is 35.5. The van der Waals surface area contributed by atoms with Crippen LogP contribution in [0.15, 0.2) is 89.8 Å². The molecule has 0 spiro atoms. The molecule has 4 aromatic rings. The van der Waals surface area contributed by atoms with Crippen molar-refractivity contribution in [1.82, 2.24) is 9.62 Å². The highest BCUT2D eigenvalue weighted by Crippen LogP contribution is 2.37. The van der Waals surface area contributed by atoms with Gasteiger partial charge in [-0.2, -0.15) is 8.78 Å². The summed E-state index contributed by atoms with van der Waals surface area (Å²) in [5.74, 6) is -3.68. The third-order valence-corrected chi connectivity index (χ3v) is 9.74. The van der Waals surface area contributed by atoms with E-state index in [1.807, 2.05) is 48.5 Å². The number of hydrogen-bond donors (Lipinski definition) is 2. The molecular formula is C35H35ClF3N3O2S. The summed E-state index contributed by atoms with van der Waals surface area (Å²) in [6, 6.07) is 21.7. The fraction of sp³-hybridized carbons (Fsp3) is 0.343. The van der Waals surface area contributed by atoms with Gasteiger partial charge in [0.2, 0.25) is 5.91 Å². The summed E-state index contributed by atoms with van der Waals surface area (Å²) in [6.07, 6.45) is 3.45. The molecule has 3 N–H and O–H groups in total. The Kier molecular flexibility index (Phi) is 9.61. The fourth-order valence-electron chi connectivity index (χ4n) is 5.94. The minimum absolute atomic E-state index is 0.107. The molecule has 1 aliphatic carbocycles. The predicted molar refractivity (Wildman–Crippen MR) is 174 cm³/mol. The summed E-state index contributed by atoms with van der Waals surface area (Å²) in [7, 11) is 0. The number of rotatable bonds is 9. The van der Waals surface area contributed by atoms with Crippen molar-refractivity contribution < 1.29 is 22.7 Å². The monoisotopic (exact) mass is 653 g/mol. The van der Waals surface area contributed by atoms with Crippen LogP contribution in [0, 0.1) is 0 Å². The van der Waals surface area contributed by atoms with Crippen LogP contribution in [0.1, 0.15) is 37.7 Å². The van der Waals surface area contributed by atoms with Crippen LogP contribution >= 0.6 is 23.5 Å². The molecule has 1 saturated heterocycles. The zero-order valence-corrected chi connectivity index (χ0v) is 26.2. The maximum Gasteiger partial charge on any atom is 0.298 e. The number of hydrogen-bond acceptors (Lipinski definition) is 5. The zero-order valence-electron chi connectivity index (χ0n) is 24.6. The van der Waals surface area contributed by atoms with Crippen molar-refractivity contribution in [2.24, 2.45) is 5.73 Å². The number of fused-ring (bicyclic) bond motifs is 1. The van der Waals surface area contributed by atoms with Gasteiger partial charge < -0.3 is 15.4 Å². The number of ether oxygens (including phenoxy) is 1. The molecule has 236 valence electrons. The first-order chi connectivity index (χ1) is 21.7. The number of alkyl halides is 3. The van der Waals surface area contributed by atoms with Crippen LogP contribution in [0.5, 0.6) is 5.75 Å². The molecule has 1 amide bonds. The quantitative estimate of drug-likeness (QED) is 0.179. The van der Waals surface area contributed by atoms with E-state index in [2.05, 4.69) is 4.72 Å². The number of carbonyl (C=O) groups excluding carboxylic acids is 1. The SMILES string of the molecule is NC1CCN(C(=O)C(NSc2ccc3cc(OC4CCCC4)ccc3c2)C(F)(F)c2ccc(-c3ccc(Cl)cc3)cc2)CC1F. The third-order valence-electron chi connectivity index (χ3n) is 8.64. The summed E-state index contributed by atoms with van der Waals surface area (Å²) < 4.78 is 55.9. The Labute approximate surface area is 270 Å². The summed E-state index contributed by atoms with van der Waals surface area (Å²) >= 11 is 6.94. The van der Waals surface area contributed by atoms with Gasteiger partial charge in [-0.05, 0) is 102 Å². The van der Waals surface area contributed by atoms with E-state index in [1.54, 1.807) is 24.3 Å². The van der Waals surface area contributed by atoms with Crippen LogP contribution in [0.3, 0.4) is 0 Å². The molecule has 5 nitrogen and oxygen atoms in total. The van der Waals surface area contributed by atoms with Gasteiger partial charge in [-0.1, -0.05) is 60.1 Å². The molecule has 3 unspecified atom stereocenters. The van der Waals surface area contributed by atoms with Gasteiger partial charge in [0, 0.05) is 28.1 Å². The number of likely N-dealkylation sites (tertiary alicyclic amines) is 1. The summed E-state index contributed by atoms with van der Waals surface area (Å²) in [6.45, 7) is -0.217. The van der Waals surface area contributed by atoms with Gasteiger partial charge in [0.15, 0.2) is 6.04 Å². The second kappa shape index (κ2) is 13.6. The number of nitrogens with one attached hydrogen (secondary N) is 1. The molecule has 1 aliphatic heterocycles. The predicted octanol–water partition coefficient (Wildman–Crippen LogP) is 8.14. The molecule has 45 heavy (non-hydrogen) atoms. The van der Waals surface area contributed by atoms with E-state index in [1.165, 1.54) is 25.0 Å². The van der Waals surface area contributed by atoms with E-state index in [4.69, 9.17) is 22.1 Å². The van der Waals surface area contributed by atoms with Crippen molar-refractivity contribution in [2.75, 3.05) is 13.1 Å². The lowest BCUT2D eigenvalue weighted by Gasteiger charge is -2.37. The standard InChI is InChI=1S/C35H35ClF3N3O2S/c36-27-13-7-23(8-14-27)22-5-11-26(12-6-22)35(38,39)33(34(43)42-18-17-32(40)31(37)21-42)41-45-30-16-10-24-19-29(15-9-25(24)20-30)44-28-3-1-2-4-28/h5-16,19-20,28,31-33,41H,1-4,17-18,21,40H2. The van der Waals surface area contributed by atoms with E-state index in [9.17, 15) is 9.18 Å². The molecule has 2 fully saturated rings. The van der Waals surface area contributed by atoms with Crippen molar-refractivity contribution in [2.45, 2.75) is 67.3 Å². The Balaban J connectivity index is 1.23. The van der Waals surface area contributed by atoms with Crippen LogP contribution in [-0.4, -0.2) is 48.3 Å². The number of halogens is 4. The normalized spacial score (nSPS) is 20.0. The van der Waals surface area contributed by atoms with Gasteiger partial charge in [-0.3, -0.25) is 4.79 Å². The molecule has 6 rings (SSSR count). The number of amides is 1. The van der Waals surface area contributed by atoms with Crippen LogP contribution in [0.4, 0.5) is 13.2 Å². The maximum atomic E-state index is 16.3. The summed E-state index contributed by atoms with van der Waals surface area (Å²) in [5.41, 5.74) is 7.02. The summed E-state index contributed by atoms with van der Waals surface area (Å²) in [4.78, 5) is 15.4. The first-order valence-electron chi connectivity index (χ1n) is 15.2. The average molecular weight is 654 g/mol. The maximum absolute atomic E-state index is 16.3. The van der Waals surface area contributed by atoms with Crippen molar-refractivity contribution >= 4 is 40.2 Å². The van der Waals surface area contributed by atoms with E-state index in [0.29, 0.717) is 9.92 Å². The molecule has 0 aromatic heterocycles. The minimum Gasteiger partial charge on any atom is -0.490 e. The molecule has 4 aromatic carbocycles. The lowest BCUT2D eigenvalue weighted by Crippen LogP contribution is -2.58. The first-order valence-corrected chi connectivity index (χ1v) is 16.4. The van der Waals surface area contributed by atoms with Gasteiger partial charge in [0.25, 0.3) is 5.92 Å². The number of nitrogens with two attached hydrogens (primary N) is 1. The molecule has 1 saturated carbocycles. The van der Waals surface area contributed by atoms with Crippen molar-refractivity contribution in [3.05, 3.63) is 95.5 Å². The average Bonchev–Trinajstić information content (AvgIpc) is 3.56. The second-order valence-corrected chi connectivity index (χ2v) is 13.2. The summed E-state index contributed by atoms with van der Waals surface area (Å²) in [5, 5.41) is 2.45. The lowest BCUT2D eigenvalue weighted by molar-refractivity contribution is -0.146. The Morgan fingerprint density at radius 1 is 0.933 bits per heavy atom. The van der Waals surface area contributed by atoms with Gasteiger partial charge in [0.1, 0.15) is 11.9 Å². The van der Waals surface area contributed by atoms with Crippen LogP contribution in [-0.2, 0) is 10.7 Å². The van der Waals surface area contributed by atoms with E-state index in [0.717, 1.165) is 57.3 Å². The van der Waals surface area contributed by atoms with Gasteiger partial charge in [0.05, 0.1) is 12.6 Å². The Hall–Kier alpha value is -3.24. The van der Waals surface area contributed by atoms with Crippen molar-refractivity contribution in [3.8, 4) is 16.9 Å². The number of carbonyl (C=O) groups is 1. The highest BCUT2D eigenvalue weighted by Gasteiger charge is 2.48. The van der Waals surface area contributed by atoms with Gasteiger partial charge in [-0.25, -0.2) is 9.11 Å². The first kappa shape index (κ1) is 31.7. The van der Waals surface area contributed by atoms with Crippen LogP contribution in [0.2, 0.25) is 5.02 Å². The van der Waals surface area contributed by atoms with Crippen molar-refractivity contribution in [1.29, 1.82) is 0 Å². The van der Waals surface area contributed by atoms with E-state index < -0.39 is 30.1 Å². The molecule has 0 bridgehead atoms. The smallest absolute Gasteiger partial charge is 0.298 e. The van der Waals surface area contributed by atoms with Crippen molar-refractivity contribution in [3.63, 3.8) is 0 Å². The Bertz CT molecular complexity index is 1630. The molecule has 1 heterocycles. The molecule has 2 aliphatic rings. The number of piperidine rings is 1. The minimum atomic E-state index is -3.61. The largest absolute Gasteiger partial charge is 0.490 e. The second-order valence-electron chi connectivity index (χ2n) is 11.8.